The second kappa shape index (κ2) is 6.92. The number of aliphatic hydroxyl groups excluding tert-OH is 1. The van der Waals surface area contributed by atoms with Gasteiger partial charge in [0, 0.05) is 12.1 Å². The van der Waals surface area contributed by atoms with Gasteiger partial charge in [-0.25, -0.2) is 0 Å². The Morgan fingerprint density at radius 2 is 2.11 bits per heavy atom. The van der Waals surface area contributed by atoms with Crippen LogP contribution in [0.2, 0.25) is 0 Å². The SMILES string of the molecule is CCCOc1cccc(CNC2(CO)CCCC2)c1. The van der Waals surface area contributed by atoms with Gasteiger partial charge in [-0.05, 0) is 37.0 Å². The zero-order valence-corrected chi connectivity index (χ0v) is 11.8. The highest BCUT2D eigenvalue weighted by Crippen LogP contribution is 2.29. The number of aliphatic hydroxyl groups is 1. The second-order valence-electron chi connectivity index (χ2n) is 5.49. The lowest BCUT2D eigenvalue weighted by Gasteiger charge is -2.28. The van der Waals surface area contributed by atoms with Gasteiger partial charge in [-0.15, -0.1) is 0 Å². The predicted molar refractivity (Wildman–Crippen MR) is 77.4 cm³/mol. The molecule has 0 saturated heterocycles. The van der Waals surface area contributed by atoms with Gasteiger partial charge in [-0.2, -0.15) is 0 Å². The van der Waals surface area contributed by atoms with Crippen LogP contribution >= 0.6 is 0 Å². The summed E-state index contributed by atoms with van der Waals surface area (Å²) in [6.45, 7) is 3.90. The lowest BCUT2D eigenvalue weighted by atomic mass is 9.98. The van der Waals surface area contributed by atoms with Crippen molar-refractivity contribution >= 4 is 0 Å². The predicted octanol–water partition coefficient (Wildman–Crippen LogP) is 2.87. The van der Waals surface area contributed by atoms with Gasteiger partial charge in [0.05, 0.1) is 13.2 Å². The number of ether oxygens (including phenoxy) is 1. The summed E-state index contributed by atoms with van der Waals surface area (Å²) in [6, 6.07) is 8.22. The lowest BCUT2D eigenvalue weighted by molar-refractivity contribution is 0.163. The summed E-state index contributed by atoms with van der Waals surface area (Å²) in [5.74, 6) is 0.936. The van der Waals surface area contributed by atoms with Crippen molar-refractivity contribution in [2.75, 3.05) is 13.2 Å². The van der Waals surface area contributed by atoms with Crippen molar-refractivity contribution in [1.29, 1.82) is 0 Å². The number of nitrogens with one attached hydrogen (secondary N) is 1. The summed E-state index contributed by atoms with van der Waals surface area (Å²) in [5.41, 5.74) is 1.16. The molecule has 0 unspecified atom stereocenters. The Morgan fingerprint density at radius 1 is 1.32 bits per heavy atom. The Labute approximate surface area is 116 Å². The molecule has 0 heterocycles. The lowest BCUT2D eigenvalue weighted by Crippen LogP contribution is -2.45. The largest absolute Gasteiger partial charge is 0.494 e. The van der Waals surface area contributed by atoms with Crippen molar-refractivity contribution in [2.24, 2.45) is 0 Å². The Kier molecular flexibility index (Phi) is 5.23. The highest BCUT2D eigenvalue weighted by molar-refractivity contribution is 5.28. The Bertz CT molecular complexity index is 386. The van der Waals surface area contributed by atoms with Crippen LogP contribution in [0.15, 0.2) is 24.3 Å². The van der Waals surface area contributed by atoms with E-state index in [4.69, 9.17) is 4.74 Å². The molecule has 1 aromatic rings. The monoisotopic (exact) mass is 263 g/mol. The third-order valence-corrected chi connectivity index (χ3v) is 3.90. The van der Waals surface area contributed by atoms with Crippen molar-refractivity contribution in [1.82, 2.24) is 5.32 Å². The van der Waals surface area contributed by atoms with Crippen LogP contribution in [-0.2, 0) is 6.54 Å². The standard InChI is InChI=1S/C16H25NO2/c1-2-10-19-15-7-5-6-14(11-15)12-17-16(13-18)8-3-4-9-16/h5-7,11,17-18H,2-4,8-10,12-13H2,1H3. The highest BCUT2D eigenvalue weighted by atomic mass is 16.5. The van der Waals surface area contributed by atoms with Crippen LogP contribution in [0.1, 0.15) is 44.6 Å². The Morgan fingerprint density at radius 3 is 2.79 bits per heavy atom. The van der Waals surface area contributed by atoms with E-state index < -0.39 is 0 Å². The first-order valence-electron chi connectivity index (χ1n) is 7.36. The van der Waals surface area contributed by atoms with Gasteiger partial charge >= 0.3 is 0 Å². The summed E-state index contributed by atoms with van der Waals surface area (Å²) in [4.78, 5) is 0. The summed E-state index contributed by atoms with van der Waals surface area (Å²) in [6.07, 6.45) is 5.61. The van der Waals surface area contributed by atoms with Crippen LogP contribution in [0.25, 0.3) is 0 Å². The van der Waals surface area contributed by atoms with Crippen molar-refractivity contribution in [3.8, 4) is 5.75 Å². The number of hydrogen-bond acceptors (Lipinski definition) is 3. The van der Waals surface area contributed by atoms with Gasteiger partial charge in [0.25, 0.3) is 0 Å². The molecule has 1 saturated carbocycles. The van der Waals surface area contributed by atoms with Gasteiger partial charge in [0.2, 0.25) is 0 Å². The molecule has 0 bridgehead atoms. The normalized spacial score (nSPS) is 17.6. The van der Waals surface area contributed by atoms with Crippen molar-refractivity contribution < 1.29 is 9.84 Å². The molecular weight excluding hydrogens is 238 g/mol. The molecule has 0 aromatic heterocycles. The molecule has 1 fully saturated rings. The molecule has 106 valence electrons. The molecule has 0 amide bonds. The molecule has 0 aliphatic heterocycles. The molecule has 0 atom stereocenters. The second-order valence-corrected chi connectivity index (χ2v) is 5.49. The smallest absolute Gasteiger partial charge is 0.119 e. The summed E-state index contributed by atoms with van der Waals surface area (Å²) in [5, 5.41) is 13.1. The minimum absolute atomic E-state index is 0.0553. The van der Waals surface area contributed by atoms with Gasteiger partial charge in [0.15, 0.2) is 0 Å². The van der Waals surface area contributed by atoms with Gasteiger partial charge in [-0.1, -0.05) is 31.9 Å². The van der Waals surface area contributed by atoms with Crippen molar-refractivity contribution in [2.45, 2.75) is 51.1 Å². The fourth-order valence-corrected chi connectivity index (χ4v) is 2.70. The van der Waals surface area contributed by atoms with Crippen LogP contribution < -0.4 is 10.1 Å². The molecule has 3 heteroatoms. The molecule has 1 aliphatic carbocycles. The van der Waals surface area contributed by atoms with E-state index in [-0.39, 0.29) is 12.1 Å². The van der Waals surface area contributed by atoms with Crippen LogP contribution in [0, 0.1) is 0 Å². The number of hydrogen-bond donors (Lipinski definition) is 2. The van der Waals surface area contributed by atoms with E-state index in [1.165, 1.54) is 18.4 Å². The van der Waals surface area contributed by atoms with Crippen molar-refractivity contribution in [3.63, 3.8) is 0 Å². The minimum Gasteiger partial charge on any atom is -0.494 e. The molecule has 2 rings (SSSR count). The third kappa shape index (κ3) is 3.95. The van der Waals surface area contributed by atoms with E-state index in [9.17, 15) is 5.11 Å². The van der Waals surface area contributed by atoms with E-state index in [2.05, 4.69) is 24.4 Å². The zero-order valence-electron chi connectivity index (χ0n) is 11.8. The fourth-order valence-electron chi connectivity index (χ4n) is 2.70. The van der Waals surface area contributed by atoms with E-state index in [1.807, 2.05) is 12.1 Å². The van der Waals surface area contributed by atoms with E-state index >= 15 is 0 Å². The summed E-state index contributed by atoms with van der Waals surface area (Å²) in [7, 11) is 0. The molecular formula is C16H25NO2. The minimum atomic E-state index is -0.0553. The van der Waals surface area contributed by atoms with E-state index in [0.29, 0.717) is 0 Å². The fraction of sp³-hybridized carbons (Fsp3) is 0.625. The van der Waals surface area contributed by atoms with E-state index in [0.717, 1.165) is 38.2 Å². The molecule has 19 heavy (non-hydrogen) atoms. The van der Waals surface area contributed by atoms with Crippen LogP contribution in [0.4, 0.5) is 0 Å². The molecule has 1 aliphatic rings. The van der Waals surface area contributed by atoms with Gasteiger partial charge < -0.3 is 15.2 Å². The maximum Gasteiger partial charge on any atom is 0.119 e. The zero-order chi connectivity index (χ0) is 13.6. The first kappa shape index (κ1) is 14.4. The molecule has 0 radical (unpaired) electrons. The van der Waals surface area contributed by atoms with Gasteiger partial charge in [0.1, 0.15) is 5.75 Å². The summed E-state index contributed by atoms with van der Waals surface area (Å²) >= 11 is 0. The van der Waals surface area contributed by atoms with Crippen LogP contribution in [-0.4, -0.2) is 23.9 Å². The Hall–Kier alpha value is -1.06. The average Bonchev–Trinajstić information content (AvgIpc) is 2.93. The molecule has 3 nitrogen and oxygen atoms in total. The molecule has 2 N–H and O–H groups in total. The molecule has 1 aromatic carbocycles. The van der Waals surface area contributed by atoms with Crippen molar-refractivity contribution in [3.05, 3.63) is 29.8 Å². The number of benzene rings is 1. The maximum absolute atomic E-state index is 9.58. The first-order valence-corrected chi connectivity index (χ1v) is 7.36. The average molecular weight is 263 g/mol. The maximum atomic E-state index is 9.58. The van der Waals surface area contributed by atoms with Crippen LogP contribution in [0.3, 0.4) is 0 Å². The summed E-state index contributed by atoms with van der Waals surface area (Å²) < 4.78 is 5.64. The Balaban J connectivity index is 1.91. The van der Waals surface area contributed by atoms with Gasteiger partial charge in [-0.3, -0.25) is 0 Å². The third-order valence-electron chi connectivity index (χ3n) is 3.90. The number of rotatable bonds is 7. The molecule has 0 spiro atoms. The topological polar surface area (TPSA) is 41.5 Å². The van der Waals surface area contributed by atoms with Crippen LogP contribution in [0.5, 0.6) is 5.75 Å². The first-order chi connectivity index (χ1) is 9.28. The van der Waals surface area contributed by atoms with E-state index in [1.54, 1.807) is 0 Å². The highest BCUT2D eigenvalue weighted by Gasteiger charge is 2.32. The quantitative estimate of drug-likeness (QED) is 0.795.